The van der Waals surface area contributed by atoms with Crippen molar-refractivity contribution in [1.82, 2.24) is 5.32 Å². The Balaban J connectivity index is 2.18. The number of amides is 1. The second-order valence-electron chi connectivity index (χ2n) is 5.79. The lowest BCUT2D eigenvalue weighted by Crippen LogP contribution is -2.36. The van der Waals surface area contributed by atoms with Crippen LogP contribution in [-0.4, -0.2) is 17.6 Å². The molecule has 0 spiro atoms. The Morgan fingerprint density at radius 1 is 0.955 bits per heavy atom. The van der Waals surface area contributed by atoms with Gasteiger partial charge < -0.3 is 10.4 Å². The summed E-state index contributed by atoms with van der Waals surface area (Å²) in [4.78, 5) is 12.7. The SMILES string of the molecule is CC(C)C(C(=O)NC(CO)c1ccccc1)c1ccccc1. The molecular weight excluding hydrogens is 274 g/mol. The minimum Gasteiger partial charge on any atom is -0.394 e. The summed E-state index contributed by atoms with van der Waals surface area (Å²) in [6, 6.07) is 18.9. The molecule has 0 saturated carbocycles. The monoisotopic (exact) mass is 297 g/mol. The van der Waals surface area contributed by atoms with E-state index in [1.807, 2.05) is 74.5 Å². The van der Waals surface area contributed by atoms with Crippen molar-refractivity contribution in [3.8, 4) is 0 Å². The molecule has 0 heterocycles. The van der Waals surface area contributed by atoms with E-state index in [1.54, 1.807) is 0 Å². The van der Waals surface area contributed by atoms with E-state index in [0.717, 1.165) is 11.1 Å². The van der Waals surface area contributed by atoms with E-state index in [0.29, 0.717) is 0 Å². The van der Waals surface area contributed by atoms with E-state index in [4.69, 9.17) is 0 Å². The average Bonchev–Trinajstić information content (AvgIpc) is 2.54. The number of nitrogens with one attached hydrogen (secondary N) is 1. The van der Waals surface area contributed by atoms with E-state index in [-0.39, 0.29) is 30.4 Å². The fourth-order valence-corrected chi connectivity index (χ4v) is 2.68. The van der Waals surface area contributed by atoms with Crippen molar-refractivity contribution in [2.24, 2.45) is 5.92 Å². The molecule has 3 nitrogen and oxygen atoms in total. The van der Waals surface area contributed by atoms with E-state index in [2.05, 4.69) is 5.32 Å². The van der Waals surface area contributed by atoms with E-state index in [1.165, 1.54) is 0 Å². The molecular formula is C19H23NO2. The number of aliphatic hydroxyl groups excluding tert-OH is 1. The topological polar surface area (TPSA) is 49.3 Å². The van der Waals surface area contributed by atoms with Gasteiger partial charge >= 0.3 is 0 Å². The molecule has 2 unspecified atom stereocenters. The third-order valence-corrected chi connectivity index (χ3v) is 3.81. The maximum Gasteiger partial charge on any atom is 0.228 e. The number of carbonyl (C=O) groups is 1. The summed E-state index contributed by atoms with van der Waals surface area (Å²) in [7, 11) is 0. The van der Waals surface area contributed by atoms with Crippen LogP contribution in [0.5, 0.6) is 0 Å². The Labute approximate surface area is 132 Å². The first kappa shape index (κ1) is 16.2. The van der Waals surface area contributed by atoms with Gasteiger partial charge in [0.25, 0.3) is 0 Å². The Kier molecular flexibility index (Phi) is 5.73. The van der Waals surface area contributed by atoms with E-state index < -0.39 is 0 Å². The number of carbonyl (C=O) groups excluding carboxylic acids is 1. The fraction of sp³-hybridized carbons (Fsp3) is 0.316. The van der Waals surface area contributed by atoms with Gasteiger partial charge in [-0.3, -0.25) is 4.79 Å². The van der Waals surface area contributed by atoms with Gasteiger partial charge in [-0.05, 0) is 17.0 Å². The van der Waals surface area contributed by atoms with Crippen LogP contribution in [0.3, 0.4) is 0 Å². The molecule has 0 saturated heterocycles. The van der Waals surface area contributed by atoms with Gasteiger partial charge in [0, 0.05) is 0 Å². The highest BCUT2D eigenvalue weighted by molar-refractivity contribution is 5.84. The van der Waals surface area contributed by atoms with Gasteiger partial charge in [-0.1, -0.05) is 74.5 Å². The smallest absolute Gasteiger partial charge is 0.228 e. The summed E-state index contributed by atoms with van der Waals surface area (Å²) >= 11 is 0. The summed E-state index contributed by atoms with van der Waals surface area (Å²) < 4.78 is 0. The Hall–Kier alpha value is -2.13. The first-order chi connectivity index (χ1) is 10.6. The van der Waals surface area contributed by atoms with Crippen LogP contribution in [0.4, 0.5) is 0 Å². The maximum atomic E-state index is 12.7. The highest BCUT2D eigenvalue weighted by Crippen LogP contribution is 2.25. The molecule has 2 atom stereocenters. The second kappa shape index (κ2) is 7.76. The van der Waals surface area contributed by atoms with E-state index in [9.17, 15) is 9.90 Å². The van der Waals surface area contributed by atoms with Crippen molar-refractivity contribution in [2.45, 2.75) is 25.8 Å². The van der Waals surface area contributed by atoms with Crippen LogP contribution in [-0.2, 0) is 4.79 Å². The fourth-order valence-electron chi connectivity index (χ4n) is 2.68. The molecule has 0 aromatic heterocycles. The molecule has 1 amide bonds. The maximum absolute atomic E-state index is 12.7. The van der Waals surface area contributed by atoms with Crippen LogP contribution in [0.1, 0.15) is 36.9 Å². The lowest BCUT2D eigenvalue weighted by Gasteiger charge is -2.24. The molecule has 3 heteroatoms. The summed E-state index contributed by atoms with van der Waals surface area (Å²) in [6.07, 6.45) is 0. The normalized spacial score (nSPS) is 13.6. The van der Waals surface area contributed by atoms with Gasteiger partial charge in [0.05, 0.1) is 18.6 Å². The van der Waals surface area contributed by atoms with Crippen LogP contribution in [0, 0.1) is 5.92 Å². The van der Waals surface area contributed by atoms with Crippen LogP contribution < -0.4 is 5.32 Å². The zero-order chi connectivity index (χ0) is 15.9. The molecule has 0 aliphatic carbocycles. The number of aliphatic hydroxyl groups is 1. The highest BCUT2D eigenvalue weighted by atomic mass is 16.3. The van der Waals surface area contributed by atoms with Gasteiger partial charge in [-0.15, -0.1) is 0 Å². The zero-order valence-electron chi connectivity index (χ0n) is 13.1. The average molecular weight is 297 g/mol. The molecule has 2 rings (SSSR count). The van der Waals surface area contributed by atoms with Crippen LogP contribution in [0.15, 0.2) is 60.7 Å². The lowest BCUT2D eigenvalue weighted by molar-refractivity contribution is -0.124. The van der Waals surface area contributed by atoms with Gasteiger partial charge in [0.1, 0.15) is 0 Å². The number of rotatable bonds is 6. The predicted octanol–water partition coefficient (Wildman–Crippen LogP) is 3.28. The standard InChI is InChI=1S/C19H23NO2/c1-14(2)18(16-11-7-4-8-12-16)19(22)20-17(13-21)15-9-5-3-6-10-15/h3-12,14,17-18,21H,13H2,1-2H3,(H,20,22). The van der Waals surface area contributed by atoms with Crippen molar-refractivity contribution in [1.29, 1.82) is 0 Å². The number of benzene rings is 2. The van der Waals surface area contributed by atoms with E-state index >= 15 is 0 Å². The predicted molar refractivity (Wildman–Crippen MR) is 88.4 cm³/mol. The van der Waals surface area contributed by atoms with Crippen molar-refractivity contribution in [3.05, 3.63) is 71.8 Å². The number of hydrogen-bond acceptors (Lipinski definition) is 2. The highest BCUT2D eigenvalue weighted by Gasteiger charge is 2.26. The van der Waals surface area contributed by atoms with Gasteiger partial charge in [0.15, 0.2) is 0 Å². The van der Waals surface area contributed by atoms with Crippen LogP contribution in [0.2, 0.25) is 0 Å². The molecule has 0 aliphatic rings. The molecule has 2 aromatic carbocycles. The van der Waals surface area contributed by atoms with Crippen molar-refractivity contribution in [3.63, 3.8) is 0 Å². The van der Waals surface area contributed by atoms with Crippen molar-refractivity contribution < 1.29 is 9.90 Å². The molecule has 0 fully saturated rings. The molecule has 0 bridgehead atoms. The van der Waals surface area contributed by atoms with Gasteiger partial charge in [-0.25, -0.2) is 0 Å². The molecule has 2 N–H and O–H groups in total. The third-order valence-electron chi connectivity index (χ3n) is 3.81. The Morgan fingerprint density at radius 2 is 1.45 bits per heavy atom. The molecule has 0 aliphatic heterocycles. The van der Waals surface area contributed by atoms with Crippen molar-refractivity contribution in [2.75, 3.05) is 6.61 Å². The summed E-state index contributed by atoms with van der Waals surface area (Å²) in [5, 5.41) is 12.6. The molecule has 0 radical (unpaired) electrons. The molecule has 116 valence electrons. The van der Waals surface area contributed by atoms with Gasteiger partial charge in [0.2, 0.25) is 5.91 Å². The Morgan fingerprint density at radius 3 is 1.91 bits per heavy atom. The lowest BCUT2D eigenvalue weighted by atomic mass is 9.87. The minimum atomic E-state index is -0.376. The largest absolute Gasteiger partial charge is 0.394 e. The van der Waals surface area contributed by atoms with Gasteiger partial charge in [-0.2, -0.15) is 0 Å². The first-order valence-electron chi connectivity index (χ1n) is 7.64. The molecule has 22 heavy (non-hydrogen) atoms. The summed E-state index contributed by atoms with van der Waals surface area (Å²) in [6.45, 7) is 3.96. The summed E-state index contributed by atoms with van der Waals surface area (Å²) in [5.74, 6) is -0.0967. The third kappa shape index (κ3) is 3.95. The first-order valence-corrected chi connectivity index (χ1v) is 7.64. The second-order valence-corrected chi connectivity index (χ2v) is 5.79. The quantitative estimate of drug-likeness (QED) is 0.859. The Bertz CT molecular complexity index is 581. The van der Waals surface area contributed by atoms with Crippen LogP contribution in [0.25, 0.3) is 0 Å². The zero-order valence-corrected chi connectivity index (χ0v) is 13.1. The number of hydrogen-bond donors (Lipinski definition) is 2. The minimum absolute atomic E-state index is 0.0518. The van der Waals surface area contributed by atoms with Crippen LogP contribution >= 0.6 is 0 Å². The summed E-state index contributed by atoms with van der Waals surface area (Å²) in [5.41, 5.74) is 1.91. The van der Waals surface area contributed by atoms with Crippen molar-refractivity contribution >= 4 is 5.91 Å². The molecule has 2 aromatic rings.